The minimum Gasteiger partial charge on any atom is -0.492 e. The van der Waals surface area contributed by atoms with Gasteiger partial charge in [-0.25, -0.2) is 4.39 Å². The first-order valence-corrected chi connectivity index (χ1v) is 7.43. The Hall–Kier alpha value is -2.11. The lowest BCUT2D eigenvalue weighted by Crippen LogP contribution is -2.47. The van der Waals surface area contributed by atoms with Gasteiger partial charge in [0, 0.05) is 12.0 Å². The van der Waals surface area contributed by atoms with Crippen LogP contribution in [0.25, 0.3) is 0 Å². The molecule has 0 bridgehead atoms. The Bertz CT molecular complexity index is 641. The molecule has 1 heterocycles. The number of ether oxygens (including phenoxy) is 1. The quantitative estimate of drug-likeness (QED) is 0.868. The number of carbonyl (C=O) groups excluding carboxylic acids is 1. The fourth-order valence-corrected chi connectivity index (χ4v) is 3.34. The number of aliphatic carboxylic acids is 1. The number of anilines is 1. The van der Waals surface area contributed by atoms with Gasteiger partial charge < -0.3 is 14.7 Å². The van der Waals surface area contributed by atoms with Crippen molar-refractivity contribution in [3.05, 3.63) is 23.5 Å². The molecule has 118 valence electrons. The predicted octanol–water partition coefficient (Wildman–Crippen LogP) is 2.54. The smallest absolute Gasteiger partial charge is 0.316 e. The van der Waals surface area contributed by atoms with Gasteiger partial charge in [0.2, 0.25) is 5.91 Å². The molecule has 0 saturated heterocycles. The van der Waals surface area contributed by atoms with Gasteiger partial charge in [-0.2, -0.15) is 0 Å². The molecule has 3 rings (SSSR count). The van der Waals surface area contributed by atoms with Gasteiger partial charge in [-0.15, -0.1) is 0 Å². The second-order valence-electron chi connectivity index (χ2n) is 5.79. The molecule has 2 aliphatic rings. The number of hydrogen-bond donors (Lipinski definition) is 1. The molecule has 1 aromatic carbocycles. The van der Waals surface area contributed by atoms with Crippen LogP contribution in [0.2, 0.25) is 0 Å². The number of halogens is 1. The number of rotatable bonds is 4. The van der Waals surface area contributed by atoms with E-state index in [1.54, 1.807) is 6.07 Å². The number of amides is 1. The van der Waals surface area contributed by atoms with Crippen molar-refractivity contribution in [2.45, 2.75) is 38.1 Å². The molecule has 0 aromatic heterocycles. The lowest BCUT2D eigenvalue weighted by molar-refractivity contribution is -0.147. The average molecular weight is 307 g/mol. The summed E-state index contributed by atoms with van der Waals surface area (Å²) in [7, 11) is 1.36. The summed E-state index contributed by atoms with van der Waals surface area (Å²) in [5.41, 5.74) is 1.10. The van der Waals surface area contributed by atoms with Crippen LogP contribution in [0.15, 0.2) is 12.1 Å². The van der Waals surface area contributed by atoms with E-state index < -0.39 is 29.5 Å². The molecular formula is C16H18FNO4. The summed E-state index contributed by atoms with van der Waals surface area (Å²) < 4.78 is 19.2. The Morgan fingerprint density at radius 3 is 2.64 bits per heavy atom. The Morgan fingerprint density at radius 1 is 1.45 bits per heavy atom. The van der Waals surface area contributed by atoms with E-state index in [0.29, 0.717) is 17.7 Å². The van der Waals surface area contributed by atoms with Gasteiger partial charge in [-0.1, -0.05) is 13.0 Å². The van der Waals surface area contributed by atoms with Gasteiger partial charge in [0.25, 0.3) is 0 Å². The van der Waals surface area contributed by atoms with Crippen molar-refractivity contribution in [2.75, 3.05) is 12.0 Å². The van der Waals surface area contributed by atoms with Gasteiger partial charge in [0.15, 0.2) is 11.6 Å². The predicted molar refractivity (Wildman–Crippen MR) is 77.6 cm³/mol. The minimum absolute atomic E-state index is 0.0278. The molecule has 1 saturated carbocycles. The van der Waals surface area contributed by atoms with Crippen molar-refractivity contribution in [3.63, 3.8) is 0 Å². The standard InChI is InChI=1S/C16H18FNO4/c1-3-9-10-6-7-11(17)14(22-2)13(10)18(8-4-5-8)15(19)12(9)16(20)21/h6-9,12H,3-5H2,1-2H3,(H,20,21). The van der Waals surface area contributed by atoms with E-state index in [1.807, 2.05) is 6.92 Å². The number of nitrogens with zero attached hydrogens (tertiary/aromatic N) is 1. The summed E-state index contributed by atoms with van der Waals surface area (Å²) in [6.45, 7) is 1.83. The lowest BCUT2D eigenvalue weighted by atomic mass is 9.78. The molecule has 2 unspecified atom stereocenters. The molecular weight excluding hydrogens is 289 g/mol. The highest BCUT2D eigenvalue weighted by Gasteiger charge is 2.49. The summed E-state index contributed by atoms with van der Waals surface area (Å²) in [5.74, 6) is -3.68. The van der Waals surface area contributed by atoms with E-state index >= 15 is 0 Å². The summed E-state index contributed by atoms with van der Waals surface area (Å²) in [6.07, 6.45) is 2.09. The van der Waals surface area contributed by atoms with Crippen LogP contribution in [0.4, 0.5) is 10.1 Å². The number of benzene rings is 1. The largest absolute Gasteiger partial charge is 0.492 e. The fraction of sp³-hybridized carbons (Fsp3) is 0.500. The maximum absolute atomic E-state index is 14.1. The molecule has 1 aliphatic carbocycles. The summed E-state index contributed by atoms with van der Waals surface area (Å²) in [5, 5.41) is 9.48. The Balaban J connectivity index is 2.24. The van der Waals surface area contributed by atoms with Crippen molar-refractivity contribution in [1.29, 1.82) is 0 Å². The van der Waals surface area contributed by atoms with E-state index in [2.05, 4.69) is 0 Å². The van der Waals surface area contributed by atoms with Gasteiger partial charge in [0.05, 0.1) is 12.8 Å². The maximum Gasteiger partial charge on any atom is 0.316 e. The summed E-state index contributed by atoms with van der Waals surface area (Å²) in [4.78, 5) is 25.8. The first-order chi connectivity index (χ1) is 10.5. The number of carboxylic acid groups (broad SMARTS) is 1. The number of hydrogen-bond acceptors (Lipinski definition) is 3. The van der Waals surface area contributed by atoms with Crippen molar-refractivity contribution in [3.8, 4) is 5.75 Å². The van der Waals surface area contributed by atoms with Crippen LogP contribution in [0.5, 0.6) is 5.75 Å². The third kappa shape index (κ3) is 2.05. The third-order valence-electron chi connectivity index (χ3n) is 4.48. The molecule has 1 fully saturated rings. The molecule has 1 aromatic rings. The Kier molecular flexibility index (Phi) is 3.54. The molecule has 5 nitrogen and oxygen atoms in total. The van der Waals surface area contributed by atoms with Crippen LogP contribution in [-0.2, 0) is 9.59 Å². The third-order valence-corrected chi connectivity index (χ3v) is 4.48. The molecule has 2 atom stereocenters. The molecule has 6 heteroatoms. The monoisotopic (exact) mass is 307 g/mol. The van der Waals surface area contributed by atoms with Crippen LogP contribution >= 0.6 is 0 Å². The van der Waals surface area contributed by atoms with Gasteiger partial charge in [-0.05, 0) is 30.9 Å². The van der Waals surface area contributed by atoms with Crippen LogP contribution in [0, 0.1) is 11.7 Å². The van der Waals surface area contributed by atoms with Crippen LogP contribution in [0.3, 0.4) is 0 Å². The van der Waals surface area contributed by atoms with Crippen molar-refractivity contribution >= 4 is 17.6 Å². The fourth-order valence-electron chi connectivity index (χ4n) is 3.34. The van der Waals surface area contributed by atoms with E-state index in [-0.39, 0.29) is 11.8 Å². The summed E-state index contributed by atoms with van der Waals surface area (Å²) >= 11 is 0. The van der Waals surface area contributed by atoms with Crippen molar-refractivity contribution in [2.24, 2.45) is 5.92 Å². The van der Waals surface area contributed by atoms with Crippen molar-refractivity contribution < 1.29 is 23.8 Å². The highest BCUT2D eigenvalue weighted by molar-refractivity contribution is 6.10. The second kappa shape index (κ2) is 5.26. The zero-order chi connectivity index (χ0) is 16.0. The zero-order valence-electron chi connectivity index (χ0n) is 12.5. The topological polar surface area (TPSA) is 66.8 Å². The van der Waals surface area contributed by atoms with Crippen molar-refractivity contribution in [1.82, 2.24) is 0 Å². The number of carbonyl (C=O) groups is 2. The van der Waals surface area contributed by atoms with E-state index in [9.17, 15) is 19.1 Å². The normalized spacial score (nSPS) is 24.1. The number of fused-ring (bicyclic) bond motifs is 1. The zero-order valence-corrected chi connectivity index (χ0v) is 12.5. The SMILES string of the molecule is CCC1c2ccc(F)c(OC)c2N(C2CC2)C(=O)C1C(=O)O. The van der Waals surface area contributed by atoms with E-state index in [1.165, 1.54) is 18.1 Å². The second-order valence-corrected chi connectivity index (χ2v) is 5.79. The highest BCUT2D eigenvalue weighted by Crippen LogP contribution is 2.50. The van der Waals surface area contributed by atoms with E-state index in [0.717, 1.165) is 12.8 Å². The van der Waals surface area contributed by atoms with Gasteiger partial charge in [0.1, 0.15) is 5.92 Å². The van der Waals surface area contributed by atoms with Crippen LogP contribution in [0.1, 0.15) is 37.7 Å². The highest BCUT2D eigenvalue weighted by atomic mass is 19.1. The van der Waals surface area contributed by atoms with Gasteiger partial charge >= 0.3 is 5.97 Å². The molecule has 0 radical (unpaired) electrons. The summed E-state index contributed by atoms with van der Waals surface area (Å²) in [6, 6.07) is 2.81. The first-order valence-electron chi connectivity index (χ1n) is 7.43. The molecule has 1 aliphatic heterocycles. The van der Waals surface area contributed by atoms with E-state index in [4.69, 9.17) is 4.74 Å². The number of carboxylic acids is 1. The Morgan fingerprint density at radius 2 is 2.14 bits per heavy atom. The molecule has 0 spiro atoms. The lowest BCUT2D eigenvalue weighted by Gasteiger charge is -2.38. The first kappa shape index (κ1) is 14.8. The molecule has 22 heavy (non-hydrogen) atoms. The minimum atomic E-state index is -1.13. The molecule has 1 N–H and O–H groups in total. The Labute approximate surface area is 127 Å². The van der Waals surface area contributed by atoms with Crippen LogP contribution < -0.4 is 9.64 Å². The van der Waals surface area contributed by atoms with Crippen LogP contribution in [-0.4, -0.2) is 30.1 Å². The number of methoxy groups -OCH3 is 1. The van der Waals surface area contributed by atoms with Gasteiger partial charge in [-0.3, -0.25) is 9.59 Å². The average Bonchev–Trinajstić information content (AvgIpc) is 3.30. The molecule has 1 amide bonds. The maximum atomic E-state index is 14.1.